The van der Waals surface area contributed by atoms with E-state index in [1.165, 1.54) is 6.07 Å². The van der Waals surface area contributed by atoms with Crippen molar-refractivity contribution in [1.29, 1.82) is 0 Å². The number of hydrogen-bond donors (Lipinski definition) is 2. The second kappa shape index (κ2) is 4.91. The first-order valence-corrected chi connectivity index (χ1v) is 5.73. The first-order valence-electron chi connectivity index (χ1n) is 5.73. The van der Waals surface area contributed by atoms with Crippen LogP contribution in [-0.4, -0.2) is 20.8 Å². The summed E-state index contributed by atoms with van der Waals surface area (Å²) in [5.74, 6) is -0.368. The van der Waals surface area contributed by atoms with Crippen LogP contribution in [0.2, 0.25) is 0 Å². The molecule has 2 N–H and O–H groups in total. The van der Waals surface area contributed by atoms with Crippen LogP contribution < -0.4 is 5.32 Å². The normalized spacial score (nSPS) is 10.3. The average molecular weight is 245 g/mol. The summed E-state index contributed by atoms with van der Waals surface area (Å²) >= 11 is 0. The number of nitrogens with one attached hydrogen (secondary N) is 1. The molecule has 0 aliphatic heterocycles. The van der Waals surface area contributed by atoms with E-state index in [9.17, 15) is 9.90 Å². The Labute approximate surface area is 105 Å². The Morgan fingerprint density at radius 2 is 2.17 bits per heavy atom. The molecule has 1 aromatic heterocycles. The maximum Gasteiger partial charge on any atom is 0.259 e. The number of hydrogen-bond acceptors (Lipinski definition) is 3. The lowest BCUT2D eigenvalue weighted by atomic mass is 10.2. The molecule has 0 saturated carbocycles. The molecule has 0 spiro atoms. The zero-order chi connectivity index (χ0) is 13.1. The van der Waals surface area contributed by atoms with Crippen LogP contribution in [0.4, 0.5) is 5.69 Å². The van der Waals surface area contributed by atoms with Gasteiger partial charge in [-0.15, -0.1) is 0 Å². The van der Waals surface area contributed by atoms with Crippen LogP contribution in [-0.2, 0) is 13.5 Å². The Morgan fingerprint density at radius 3 is 2.83 bits per heavy atom. The van der Waals surface area contributed by atoms with Crippen molar-refractivity contribution in [3.8, 4) is 5.75 Å². The van der Waals surface area contributed by atoms with E-state index >= 15 is 0 Å². The van der Waals surface area contributed by atoms with Crippen molar-refractivity contribution in [2.75, 3.05) is 5.32 Å². The smallest absolute Gasteiger partial charge is 0.259 e. The maximum atomic E-state index is 12.0. The summed E-state index contributed by atoms with van der Waals surface area (Å²) in [7, 11) is 1.80. The van der Waals surface area contributed by atoms with Gasteiger partial charge in [-0.05, 0) is 18.6 Å². The Balaban J connectivity index is 2.24. The highest BCUT2D eigenvalue weighted by Crippen LogP contribution is 2.19. The molecular weight excluding hydrogens is 230 g/mol. The molecule has 0 bridgehead atoms. The lowest BCUT2D eigenvalue weighted by molar-refractivity contribution is 0.102. The lowest BCUT2D eigenvalue weighted by Gasteiger charge is -2.05. The zero-order valence-electron chi connectivity index (χ0n) is 10.3. The summed E-state index contributed by atoms with van der Waals surface area (Å²) in [6.45, 7) is 1.97. The average Bonchev–Trinajstić information content (AvgIpc) is 2.70. The molecule has 2 aromatic rings. The molecule has 0 saturated heterocycles. The second-order valence-electron chi connectivity index (χ2n) is 3.99. The van der Waals surface area contributed by atoms with Gasteiger partial charge in [-0.2, -0.15) is 5.10 Å². The predicted octanol–water partition coefficient (Wildman–Crippen LogP) is 1.94. The molecule has 5 nitrogen and oxygen atoms in total. The number of rotatable bonds is 3. The summed E-state index contributed by atoms with van der Waals surface area (Å²) in [5.41, 5.74) is 1.75. The quantitative estimate of drug-likeness (QED) is 0.868. The molecule has 0 aliphatic carbocycles. The summed E-state index contributed by atoms with van der Waals surface area (Å²) in [5, 5.41) is 16.6. The minimum Gasteiger partial charge on any atom is -0.507 e. The predicted molar refractivity (Wildman–Crippen MR) is 68.6 cm³/mol. The molecule has 1 aromatic carbocycles. The molecule has 0 unspecified atom stereocenters. The Morgan fingerprint density at radius 1 is 1.44 bits per heavy atom. The molecule has 1 heterocycles. The molecule has 2 rings (SSSR count). The number of aromatic nitrogens is 2. The molecule has 5 heteroatoms. The molecule has 0 fully saturated rings. The van der Waals surface area contributed by atoms with Crippen LogP contribution in [0, 0.1) is 0 Å². The minimum atomic E-state index is -0.337. The van der Waals surface area contributed by atoms with Crippen molar-refractivity contribution in [1.82, 2.24) is 9.78 Å². The third-order valence-corrected chi connectivity index (χ3v) is 2.64. The highest BCUT2D eigenvalue weighted by atomic mass is 16.3. The minimum absolute atomic E-state index is 0.0306. The van der Waals surface area contributed by atoms with Gasteiger partial charge >= 0.3 is 0 Å². The Kier molecular flexibility index (Phi) is 3.32. The third kappa shape index (κ3) is 2.34. The van der Waals surface area contributed by atoms with Crippen molar-refractivity contribution in [2.24, 2.45) is 7.05 Å². The fourth-order valence-corrected chi connectivity index (χ4v) is 1.76. The van der Waals surface area contributed by atoms with Crippen LogP contribution in [0.3, 0.4) is 0 Å². The highest BCUT2D eigenvalue weighted by Gasteiger charge is 2.13. The fraction of sp³-hybridized carbons (Fsp3) is 0.231. The molecule has 18 heavy (non-hydrogen) atoms. The maximum absolute atomic E-state index is 12.0. The number of aryl methyl sites for hydroxylation is 2. The van der Waals surface area contributed by atoms with Crippen molar-refractivity contribution in [3.05, 3.63) is 41.7 Å². The van der Waals surface area contributed by atoms with Crippen LogP contribution in [0.1, 0.15) is 23.0 Å². The molecule has 0 radical (unpaired) electrons. The number of benzene rings is 1. The van der Waals surface area contributed by atoms with Crippen molar-refractivity contribution in [2.45, 2.75) is 13.3 Å². The van der Waals surface area contributed by atoms with E-state index in [2.05, 4.69) is 10.4 Å². The summed E-state index contributed by atoms with van der Waals surface area (Å²) in [6.07, 6.45) is 2.48. The number of amides is 1. The zero-order valence-corrected chi connectivity index (χ0v) is 10.3. The van der Waals surface area contributed by atoms with Crippen molar-refractivity contribution >= 4 is 11.6 Å². The van der Waals surface area contributed by atoms with Gasteiger partial charge in [-0.1, -0.05) is 19.1 Å². The Hall–Kier alpha value is -2.30. The van der Waals surface area contributed by atoms with Crippen LogP contribution >= 0.6 is 0 Å². The SMILES string of the molecule is CCc1nn(C)cc1NC(=O)c1ccccc1O. The molecule has 0 atom stereocenters. The van der Waals surface area contributed by atoms with E-state index in [0.29, 0.717) is 5.69 Å². The fourth-order valence-electron chi connectivity index (χ4n) is 1.76. The number of anilines is 1. The molecule has 0 aliphatic rings. The van der Waals surface area contributed by atoms with Gasteiger partial charge in [0, 0.05) is 13.2 Å². The molecule has 1 amide bonds. The Bertz CT molecular complexity index is 575. The van der Waals surface area contributed by atoms with Crippen molar-refractivity contribution < 1.29 is 9.90 Å². The van der Waals surface area contributed by atoms with Gasteiger partial charge in [-0.3, -0.25) is 9.48 Å². The first kappa shape index (κ1) is 12.2. The van der Waals surface area contributed by atoms with Crippen LogP contribution in [0.15, 0.2) is 30.5 Å². The van der Waals surface area contributed by atoms with E-state index < -0.39 is 0 Å². The molecule has 94 valence electrons. The van der Waals surface area contributed by atoms with Gasteiger partial charge in [-0.25, -0.2) is 0 Å². The van der Waals surface area contributed by atoms with E-state index in [1.54, 1.807) is 36.1 Å². The van der Waals surface area contributed by atoms with E-state index in [1.807, 2.05) is 6.92 Å². The largest absolute Gasteiger partial charge is 0.507 e. The second-order valence-corrected chi connectivity index (χ2v) is 3.99. The number of nitrogens with zero attached hydrogens (tertiary/aromatic N) is 2. The number of phenols is 1. The third-order valence-electron chi connectivity index (χ3n) is 2.64. The van der Waals surface area contributed by atoms with Gasteiger partial charge in [0.05, 0.1) is 16.9 Å². The van der Waals surface area contributed by atoms with Crippen LogP contribution in [0.25, 0.3) is 0 Å². The van der Waals surface area contributed by atoms with E-state index in [-0.39, 0.29) is 17.2 Å². The number of aromatic hydroxyl groups is 1. The monoisotopic (exact) mass is 245 g/mol. The van der Waals surface area contributed by atoms with Gasteiger partial charge < -0.3 is 10.4 Å². The lowest BCUT2D eigenvalue weighted by Crippen LogP contribution is -2.12. The summed E-state index contributed by atoms with van der Waals surface area (Å²) in [6, 6.07) is 6.44. The van der Waals surface area contributed by atoms with Gasteiger partial charge in [0.2, 0.25) is 0 Å². The van der Waals surface area contributed by atoms with Gasteiger partial charge in [0.1, 0.15) is 5.75 Å². The standard InChI is InChI=1S/C13H15N3O2/c1-3-10-11(8-16(2)15-10)14-13(18)9-6-4-5-7-12(9)17/h4-8,17H,3H2,1-2H3,(H,14,18). The van der Waals surface area contributed by atoms with Crippen molar-refractivity contribution in [3.63, 3.8) is 0 Å². The topological polar surface area (TPSA) is 67.2 Å². The van der Waals surface area contributed by atoms with Crippen LogP contribution in [0.5, 0.6) is 5.75 Å². The first-order chi connectivity index (χ1) is 8.61. The number of carbonyl (C=O) groups excluding carboxylic acids is 1. The number of para-hydroxylation sites is 1. The summed E-state index contributed by atoms with van der Waals surface area (Å²) in [4.78, 5) is 12.0. The summed E-state index contributed by atoms with van der Waals surface area (Å²) < 4.78 is 1.65. The van der Waals surface area contributed by atoms with Gasteiger partial charge in [0.15, 0.2) is 0 Å². The highest BCUT2D eigenvalue weighted by molar-refractivity contribution is 6.06. The number of phenolic OH excluding ortho intramolecular Hbond substituents is 1. The number of carbonyl (C=O) groups is 1. The molecular formula is C13H15N3O2. The van der Waals surface area contributed by atoms with E-state index in [4.69, 9.17) is 0 Å². The van der Waals surface area contributed by atoms with Gasteiger partial charge in [0.25, 0.3) is 5.91 Å². The van der Waals surface area contributed by atoms with E-state index in [0.717, 1.165) is 12.1 Å².